The molecule has 0 aromatic heterocycles. The third kappa shape index (κ3) is 3.01. The average molecular weight is 217 g/mol. The van der Waals surface area contributed by atoms with E-state index in [1.54, 1.807) is 0 Å². The summed E-state index contributed by atoms with van der Waals surface area (Å²) in [6.07, 6.45) is 3.95. The average Bonchev–Trinajstić information content (AvgIpc) is 2.15. The number of nitrogens with one attached hydrogen (secondary N) is 1. The molecule has 1 saturated carbocycles. The van der Waals surface area contributed by atoms with Crippen LogP contribution in [0.5, 0.6) is 0 Å². The van der Waals surface area contributed by atoms with Crippen LogP contribution < -0.4 is 5.32 Å². The van der Waals surface area contributed by atoms with Crippen molar-refractivity contribution in [2.24, 2.45) is 11.3 Å². The first kappa shape index (κ1) is 11.5. The summed E-state index contributed by atoms with van der Waals surface area (Å²) in [5.41, 5.74) is 1.75. The maximum absolute atomic E-state index is 3.67. The summed E-state index contributed by atoms with van der Waals surface area (Å²) >= 11 is 0. The first-order valence-corrected chi connectivity index (χ1v) is 6.37. The zero-order chi connectivity index (χ0) is 11.6. The van der Waals surface area contributed by atoms with Gasteiger partial charge in [-0.3, -0.25) is 0 Å². The molecule has 16 heavy (non-hydrogen) atoms. The van der Waals surface area contributed by atoms with Crippen molar-refractivity contribution in [3.8, 4) is 0 Å². The summed E-state index contributed by atoms with van der Waals surface area (Å²) in [5, 5.41) is 3.67. The fraction of sp³-hybridized carbons (Fsp3) is 0.600. The Bertz CT molecular complexity index is 329. The maximum atomic E-state index is 3.67. The summed E-state index contributed by atoms with van der Waals surface area (Å²) in [5.74, 6) is 0.838. The molecule has 0 saturated heterocycles. The van der Waals surface area contributed by atoms with Gasteiger partial charge in [0.15, 0.2) is 0 Å². The van der Waals surface area contributed by atoms with Crippen LogP contribution in [0.1, 0.15) is 40.0 Å². The van der Waals surface area contributed by atoms with Crippen molar-refractivity contribution in [3.63, 3.8) is 0 Å². The summed E-state index contributed by atoms with van der Waals surface area (Å²) < 4.78 is 0. The van der Waals surface area contributed by atoms with Gasteiger partial charge in [0.1, 0.15) is 0 Å². The van der Waals surface area contributed by atoms with Gasteiger partial charge >= 0.3 is 0 Å². The Balaban J connectivity index is 2.00. The Hall–Kier alpha value is -0.980. The van der Waals surface area contributed by atoms with Gasteiger partial charge in [-0.1, -0.05) is 39.0 Å². The quantitative estimate of drug-likeness (QED) is 0.778. The standard InChI is InChI=1S/C15H23N/c1-12-9-14(11-15(2,3)10-12)16-13-7-5-4-6-8-13/h4-8,12,14,16H,9-11H2,1-3H3/t12-,14+/m1/s1. The Kier molecular flexibility index (Phi) is 3.22. The van der Waals surface area contributed by atoms with Gasteiger partial charge in [-0.2, -0.15) is 0 Å². The molecule has 88 valence electrons. The molecule has 1 fully saturated rings. The van der Waals surface area contributed by atoms with Crippen molar-refractivity contribution >= 4 is 5.69 Å². The minimum Gasteiger partial charge on any atom is -0.382 e. The Labute approximate surface area is 99.3 Å². The van der Waals surface area contributed by atoms with E-state index in [-0.39, 0.29) is 0 Å². The first-order valence-electron chi connectivity index (χ1n) is 6.37. The number of anilines is 1. The van der Waals surface area contributed by atoms with Crippen LogP contribution in [0.4, 0.5) is 5.69 Å². The third-order valence-electron chi connectivity index (χ3n) is 3.53. The molecule has 0 bridgehead atoms. The van der Waals surface area contributed by atoms with E-state index in [1.165, 1.54) is 24.9 Å². The van der Waals surface area contributed by atoms with Crippen molar-refractivity contribution in [1.82, 2.24) is 0 Å². The molecule has 2 rings (SSSR count). The van der Waals surface area contributed by atoms with Gasteiger partial charge < -0.3 is 5.32 Å². The number of hydrogen-bond donors (Lipinski definition) is 1. The van der Waals surface area contributed by atoms with Gasteiger partial charge in [-0.15, -0.1) is 0 Å². The number of para-hydroxylation sites is 1. The highest BCUT2D eigenvalue weighted by atomic mass is 14.9. The highest BCUT2D eigenvalue weighted by Gasteiger charge is 2.31. The zero-order valence-electron chi connectivity index (χ0n) is 10.7. The van der Waals surface area contributed by atoms with E-state index in [0.29, 0.717) is 11.5 Å². The number of hydrogen-bond acceptors (Lipinski definition) is 1. The predicted octanol–water partition coefficient (Wildman–Crippen LogP) is 4.31. The minimum absolute atomic E-state index is 0.490. The van der Waals surface area contributed by atoms with Crippen molar-refractivity contribution in [2.45, 2.75) is 46.1 Å². The largest absolute Gasteiger partial charge is 0.382 e. The monoisotopic (exact) mass is 217 g/mol. The lowest BCUT2D eigenvalue weighted by Crippen LogP contribution is -2.35. The van der Waals surface area contributed by atoms with E-state index in [1.807, 2.05) is 0 Å². The van der Waals surface area contributed by atoms with Crippen LogP contribution in [-0.2, 0) is 0 Å². The molecule has 0 heterocycles. The minimum atomic E-state index is 0.490. The summed E-state index contributed by atoms with van der Waals surface area (Å²) in [6, 6.07) is 11.2. The molecule has 0 unspecified atom stereocenters. The smallest absolute Gasteiger partial charge is 0.0342 e. The van der Waals surface area contributed by atoms with E-state index in [2.05, 4.69) is 56.4 Å². The Morgan fingerprint density at radius 1 is 1.12 bits per heavy atom. The van der Waals surface area contributed by atoms with E-state index in [0.717, 1.165) is 5.92 Å². The molecule has 1 aliphatic carbocycles. The molecule has 1 aliphatic rings. The molecule has 0 radical (unpaired) electrons. The molecule has 2 atom stereocenters. The molecule has 0 aliphatic heterocycles. The molecule has 0 spiro atoms. The van der Waals surface area contributed by atoms with E-state index < -0.39 is 0 Å². The second-order valence-corrected chi connectivity index (χ2v) is 6.12. The summed E-state index contributed by atoms with van der Waals surface area (Å²) in [6.45, 7) is 7.16. The highest BCUT2D eigenvalue weighted by molar-refractivity contribution is 5.43. The van der Waals surface area contributed by atoms with Gasteiger partial charge in [0.2, 0.25) is 0 Å². The van der Waals surface area contributed by atoms with Crippen LogP contribution in [0.15, 0.2) is 30.3 Å². The van der Waals surface area contributed by atoms with Crippen LogP contribution in [0, 0.1) is 11.3 Å². The van der Waals surface area contributed by atoms with Crippen molar-refractivity contribution in [2.75, 3.05) is 5.32 Å². The van der Waals surface area contributed by atoms with E-state index >= 15 is 0 Å². The van der Waals surface area contributed by atoms with Crippen molar-refractivity contribution in [3.05, 3.63) is 30.3 Å². The zero-order valence-corrected chi connectivity index (χ0v) is 10.7. The fourth-order valence-corrected chi connectivity index (χ4v) is 3.23. The lowest BCUT2D eigenvalue weighted by atomic mass is 9.70. The molecular formula is C15H23N. The topological polar surface area (TPSA) is 12.0 Å². The third-order valence-corrected chi connectivity index (χ3v) is 3.53. The summed E-state index contributed by atoms with van der Waals surface area (Å²) in [4.78, 5) is 0. The molecular weight excluding hydrogens is 194 g/mol. The maximum Gasteiger partial charge on any atom is 0.0342 e. The fourth-order valence-electron chi connectivity index (χ4n) is 3.23. The van der Waals surface area contributed by atoms with Crippen molar-refractivity contribution < 1.29 is 0 Å². The van der Waals surface area contributed by atoms with Crippen molar-refractivity contribution in [1.29, 1.82) is 0 Å². The Morgan fingerprint density at radius 2 is 1.81 bits per heavy atom. The van der Waals surface area contributed by atoms with Gasteiger partial charge in [-0.25, -0.2) is 0 Å². The molecule has 1 N–H and O–H groups in total. The number of benzene rings is 1. The molecule has 1 aromatic rings. The first-order chi connectivity index (χ1) is 7.55. The number of rotatable bonds is 2. The highest BCUT2D eigenvalue weighted by Crippen LogP contribution is 2.39. The molecule has 0 amide bonds. The van der Waals surface area contributed by atoms with E-state index in [9.17, 15) is 0 Å². The van der Waals surface area contributed by atoms with Crippen LogP contribution in [0.25, 0.3) is 0 Å². The lowest BCUT2D eigenvalue weighted by molar-refractivity contribution is 0.178. The predicted molar refractivity (Wildman–Crippen MR) is 70.6 cm³/mol. The second kappa shape index (κ2) is 4.48. The van der Waals surface area contributed by atoms with Gasteiger partial charge in [-0.05, 0) is 42.7 Å². The normalized spacial score (nSPS) is 28.7. The van der Waals surface area contributed by atoms with Crippen LogP contribution in [-0.4, -0.2) is 6.04 Å². The van der Waals surface area contributed by atoms with Crippen LogP contribution in [0.3, 0.4) is 0 Å². The Morgan fingerprint density at radius 3 is 2.44 bits per heavy atom. The molecule has 1 aromatic carbocycles. The van der Waals surface area contributed by atoms with E-state index in [4.69, 9.17) is 0 Å². The lowest BCUT2D eigenvalue weighted by Gasteiger charge is -2.39. The van der Waals surface area contributed by atoms with Gasteiger partial charge in [0, 0.05) is 11.7 Å². The summed E-state index contributed by atoms with van der Waals surface area (Å²) in [7, 11) is 0. The molecule has 1 heteroatoms. The molecule has 1 nitrogen and oxygen atoms in total. The van der Waals surface area contributed by atoms with Crippen LogP contribution >= 0.6 is 0 Å². The van der Waals surface area contributed by atoms with Gasteiger partial charge in [0.05, 0.1) is 0 Å². The second-order valence-electron chi connectivity index (χ2n) is 6.12. The van der Waals surface area contributed by atoms with Crippen LogP contribution in [0.2, 0.25) is 0 Å². The van der Waals surface area contributed by atoms with Gasteiger partial charge in [0.25, 0.3) is 0 Å². The SMILES string of the molecule is C[C@@H]1C[C@H](Nc2ccccc2)CC(C)(C)C1.